The van der Waals surface area contributed by atoms with Crippen LogP contribution < -0.4 is 4.74 Å². The summed E-state index contributed by atoms with van der Waals surface area (Å²) in [6.45, 7) is 5.75. The van der Waals surface area contributed by atoms with E-state index in [0.29, 0.717) is 5.75 Å². The summed E-state index contributed by atoms with van der Waals surface area (Å²) >= 11 is 0. The van der Waals surface area contributed by atoms with E-state index in [1.54, 1.807) is 29.7 Å². The molecule has 0 aliphatic heterocycles. The van der Waals surface area contributed by atoms with Crippen LogP contribution in [-0.2, 0) is 11.8 Å². The van der Waals surface area contributed by atoms with Crippen molar-refractivity contribution in [2.75, 3.05) is 7.05 Å². The number of hydrogen-bond acceptors (Lipinski definition) is 3. The predicted octanol–water partition coefficient (Wildman–Crippen LogP) is 2.72. The molecule has 22 heavy (non-hydrogen) atoms. The van der Waals surface area contributed by atoms with Crippen LogP contribution in [0.3, 0.4) is 0 Å². The second-order valence-electron chi connectivity index (χ2n) is 5.65. The zero-order valence-corrected chi connectivity index (χ0v) is 13.8. The summed E-state index contributed by atoms with van der Waals surface area (Å²) < 4.78 is 7.49. The van der Waals surface area contributed by atoms with Gasteiger partial charge < -0.3 is 9.64 Å². The highest BCUT2D eigenvalue weighted by atomic mass is 16.5. The molecule has 1 amide bonds. The van der Waals surface area contributed by atoms with E-state index in [1.807, 2.05) is 51.4 Å². The quantitative estimate of drug-likeness (QED) is 0.853. The molecular weight excluding hydrogens is 278 g/mol. The Bertz CT molecular complexity index is 651. The summed E-state index contributed by atoms with van der Waals surface area (Å²) in [6.07, 6.45) is 3.16. The minimum absolute atomic E-state index is 0.0511. The summed E-state index contributed by atoms with van der Waals surface area (Å²) in [5, 5.41) is 4.15. The van der Waals surface area contributed by atoms with Crippen LogP contribution in [0, 0.1) is 6.92 Å². The lowest BCUT2D eigenvalue weighted by Crippen LogP contribution is -2.39. The first kappa shape index (κ1) is 16.1. The van der Waals surface area contributed by atoms with E-state index < -0.39 is 6.10 Å². The van der Waals surface area contributed by atoms with Gasteiger partial charge in [0.05, 0.1) is 12.2 Å². The van der Waals surface area contributed by atoms with Crippen molar-refractivity contribution in [2.45, 2.75) is 32.9 Å². The fraction of sp³-hybridized carbons (Fsp3) is 0.412. The SMILES string of the molecule is Cc1cccc(OC(C)C(=O)N(C)C(C)c2cnn(C)c2)c1. The highest BCUT2D eigenvalue weighted by Crippen LogP contribution is 2.20. The van der Waals surface area contributed by atoms with Crippen molar-refractivity contribution in [3.63, 3.8) is 0 Å². The lowest BCUT2D eigenvalue weighted by Gasteiger charge is -2.27. The van der Waals surface area contributed by atoms with Gasteiger partial charge in [-0.25, -0.2) is 0 Å². The Morgan fingerprint density at radius 2 is 2.09 bits per heavy atom. The van der Waals surface area contributed by atoms with E-state index >= 15 is 0 Å². The van der Waals surface area contributed by atoms with Gasteiger partial charge in [-0.15, -0.1) is 0 Å². The number of nitrogens with zero attached hydrogens (tertiary/aromatic N) is 3. The van der Waals surface area contributed by atoms with Gasteiger partial charge in [0.2, 0.25) is 0 Å². The number of aromatic nitrogens is 2. The van der Waals surface area contributed by atoms with Crippen LogP contribution in [0.15, 0.2) is 36.7 Å². The molecule has 118 valence electrons. The molecule has 1 aromatic carbocycles. The minimum atomic E-state index is -0.536. The van der Waals surface area contributed by atoms with E-state index in [9.17, 15) is 4.79 Å². The summed E-state index contributed by atoms with van der Waals surface area (Å²) in [7, 11) is 3.65. The molecule has 0 radical (unpaired) electrons. The first-order valence-electron chi connectivity index (χ1n) is 7.37. The molecule has 0 aliphatic rings. The third-order valence-corrected chi connectivity index (χ3v) is 3.79. The number of amides is 1. The van der Waals surface area contributed by atoms with E-state index in [4.69, 9.17) is 4.74 Å². The minimum Gasteiger partial charge on any atom is -0.481 e. The largest absolute Gasteiger partial charge is 0.481 e. The Balaban J connectivity index is 2.03. The highest BCUT2D eigenvalue weighted by Gasteiger charge is 2.24. The normalized spacial score (nSPS) is 13.5. The molecule has 1 aromatic heterocycles. The van der Waals surface area contributed by atoms with Gasteiger partial charge in [-0.2, -0.15) is 5.10 Å². The summed E-state index contributed by atoms with van der Waals surface area (Å²) in [4.78, 5) is 14.2. The number of likely N-dealkylation sites (N-methyl/N-ethyl adjacent to an activating group) is 1. The molecule has 0 N–H and O–H groups in total. The Hall–Kier alpha value is -2.30. The van der Waals surface area contributed by atoms with Crippen LogP contribution in [0.2, 0.25) is 0 Å². The molecule has 0 fully saturated rings. The zero-order chi connectivity index (χ0) is 16.3. The van der Waals surface area contributed by atoms with Gasteiger partial charge >= 0.3 is 0 Å². The number of carbonyl (C=O) groups excluding carboxylic acids is 1. The number of rotatable bonds is 5. The third kappa shape index (κ3) is 3.67. The lowest BCUT2D eigenvalue weighted by molar-refractivity contribution is -0.138. The van der Waals surface area contributed by atoms with Gasteiger partial charge in [0.1, 0.15) is 5.75 Å². The summed E-state index contributed by atoms with van der Waals surface area (Å²) in [5.41, 5.74) is 2.11. The van der Waals surface area contributed by atoms with Crippen molar-refractivity contribution in [3.8, 4) is 5.75 Å². The number of aryl methyl sites for hydroxylation is 2. The monoisotopic (exact) mass is 301 g/mol. The highest BCUT2D eigenvalue weighted by molar-refractivity contribution is 5.81. The average Bonchev–Trinajstić information content (AvgIpc) is 2.91. The molecule has 2 atom stereocenters. The Kier molecular flexibility index (Phi) is 4.85. The molecule has 5 heteroatoms. The van der Waals surface area contributed by atoms with Crippen LogP contribution >= 0.6 is 0 Å². The van der Waals surface area contributed by atoms with Crippen molar-refractivity contribution in [3.05, 3.63) is 47.8 Å². The molecule has 5 nitrogen and oxygen atoms in total. The third-order valence-electron chi connectivity index (χ3n) is 3.79. The van der Waals surface area contributed by atoms with E-state index in [0.717, 1.165) is 11.1 Å². The van der Waals surface area contributed by atoms with E-state index in [1.165, 1.54) is 0 Å². The number of carbonyl (C=O) groups is 1. The maximum atomic E-state index is 12.5. The van der Waals surface area contributed by atoms with Crippen LogP contribution in [0.5, 0.6) is 5.75 Å². The predicted molar refractivity (Wildman–Crippen MR) is 85.7 cm³/mol. The fourth-order valence-corrected chi connectivity index (χ4v) is 2.30. The number of hydrogen-bond donors (Lipinski definition) is 0. The Morgan fingerprint density at radius 1 is 1.36 bits per heavy atom. The molecule has 2 rings (SSSR count). The van der Waals surface area contributed by atoms with Crippen molar-refractivity contribution >= 4 is 5.91 Å². The maximum Gasteiger partial charge on any atom is 0.263 e. The standard InChI is InChI=1S/C17H23N3O2/c1-12-7-6-8-16(9-12)22-14(3)17(21)20(5)13(2)15-10-18-19(4)11-15/h6-11,13-14H,1-5H3. The summed E-state index contributed by atoms with van der Waals surface area (Å²) in [5.74, 6) is 0.654. The van der Waals surface area contributed by atoms with Crippen LogP contribution in [-0.4, -0.2) is 33.7 Å². The molecule has 2 aromatic rings. The van der Waals surface area contributed by atoms with Gasteiger partial charge in [0.15, 0.2) is 6.10 Å². The van der Waals surface area contributed by atoms with Crippen molar-refractivity contribution < 1.29 is 9.53 Å². The molecule has 0 aliphatic carbocycles. The van der Waals surface area contributed by atoms with Gasteiger partial charge in [-0.1, -0.05) is 12.1 Å². The fourth-order valence-electron chi connectivity index (χ4n) is 2.30. The Morgan fingerprint density at radius 3 is 2.68 bits per heavy atom. The van der Waals surface area contributed by atoms with Crippen molar-refractivity contribution in [1.82, 2.24) is 14.7 Å². The second kappa shape index (κ2) is 6.64. The number of benzene rings is 1. The molecule has 0 saturated heterocycles. The van der Waals surface area contributed by atoms with Crippen LogP contribution in [0.1, 0.15) is 31.0 Å². The lowest BCUT2D eigenvalue weighted by atomic mass is 10.1. The molecule has 0 bridgehead atoms. The van der Waals surface area contributed by atoms with E-state index in [2.05, 4.69) is 5.10 Å². The summed E-state index contributed by atoms with van der Waals surface area (Å²) in [6, 6.07) is 7.65. The molecule has 1 heterocycles. The van der Waals surface area contributed by atoms with Crippen molar-refractivity contribution in [2.24, 2.45) is 7.05 Å². The molecular formula is C17H23N3O2. The molecule has 0 spiro atoms. The smallest absolute Gasteiger partial charge is 0.263 e. The molecule has 2 unspecified atom stereocenters. The van der Waals surface area contributed by atoms with Gasteiger partial charge in [0, 0.05) is 25.9 Å². The van der Waals surface area contributed by atoms with Gasteiger partial charge in [-0.05, 0) is 38.5 Å². The van der Waals surface area contributed by atoms with Crippen LogP contribution in [0.4, 0.5) is 0 Å². The maximum absolute atomic E-state index is 12.5. The van der Waals surface area contributed by atoms with Crippen LogP contribution in [0.25, 0.3) is 0 Å². The second-order valence-corrected chi connectivity index (χ2v) is 5.65. The topological polar surface area (TPSA) is 47.4 Å². The van der Waals surface area contributed by atoms with E-state index in [-0.39, 0.29) is 11.9 Å². The first-order valence-corrected chi connectivity index (χ1v) is 7.37. The van der Waals surface area contributed by atoms with Gasteiger partial charge in [0.25, 0.3) is 5.91 Å². The first-order chi connectivity index (χ1) is 10.4. The molecule has 0 saturated carbocycles. The van der Waals surface area contributed by atoms with Gasteiger partial charge in [-0.3, -0.25) is 9.48 Å². The van der Waals surface area contributed by atoms with Crippen molar-refractivity contribution in [1.29, 1.82) is 0 Å². The number of ether oxygens (including phenoxy) is 1. The average molecular weight is 301 g/mol. The Labute approximate surface area is 131 Å². The zero-order valence-electron chi connectivity index (χ0n) is 13.8.